The second kappa shape index (κ2) is 12.6. The quantitative estimate of drug-likeness (QED) is 0.370. The van der Waals surface area contributed by atoms with Crippen LogP contribution in [-0.4, -0.2) is 38.9 Å². The molecule has 0 radical (unpaired) electrons. The van der Waals surface area contributed by atoms with Crippen LogP contribution in [0.3, 0.4) is 0 Å². The highest BCUT2D eigenvalue weighted by Crippen LogP contribution is 2.19. The van der Waals surface area contributed by atoms with Crippen molar-refractivity contribution in [2.45, 2.75) is 40.7 Å². The fourth-order valence-electron chi connectivity index (χ4n) is 2.06. The van der Waals surface area contributed by atoms with Crippen LogP contribution in [0.1, 0.15) is 39.7 Å². The van der Waals surface area contributed by atoms with Gasteiger partial charge in [0, 0.05) is 31.9 Å². The number of nitrogens with one attached hydrogen (secondary N) is 2. The lowest BCUT2D eigenvalue weighted by Gasteiger charge is -2.14. The van der Waals surface area contributed by atoms with Crippen LogP contribution >= 0.6 is 0 Å². The SMILES string of the molecule is CCNC(=NCc1ccccc1OCC(C)C)NCCCOCC. The summed E-state index contributed by atoms with van der Waals surface area (Å²) in [4.78, 5) is 4.66. The van der Waals surface area contributed by atoms with E-state index >= 15 is 0 Å². The Morgan fingerprint density at radius 1 is 1.17 bits per heavy atom. The van der Waals surface area contributed by atoms with Gasteiger partial charge in [-0.05, 0) is 32.3 Å². The van der Waals surface area contributed by atoms with Crippen LogP contribution in [0.2, 0.25) is 0 Å². The lowest BCUT2D eigenvalue weighted by molar-refractivity contribution is 0.145. The van der Waals surface area contributed by atoms with Crippen molar-refractivity contribution in [2.75, 3.05) is 32.9 Å². The Hall–Kier alpha value is -1.75. The van der Waals surface area contributed by atoms with Gasteiger partial charge in [-0.3, -0.25) is 0 Å². The molecule has 1 aromatic rings. The van der Waals surface area contributed by atoms with Crippen molar-refractivity contribution in [1.29, 1.82) is 0 Å². The van der Waals surface area contributed by atoms with Crippen LogP contribution < -0.4 is 15.4 Å². The van der Waals surface area contributed by atoms with E-state index in [0.717, 1.165) is 56.6 Å². The first kappa shape index (κ1) is 20.3. The highest BCUT2D eigenvalue weighted by molar-refractivity contribution is 5.79. The summed E-state index contributed by atoms with van der Waals surface area (Å²) in [6, 6.07) is 8.10. The van der Waals surface area contributed by atoms with E-state index < -0.39 is 0 Å². The lowest BCUT2D eigenvalue weighted by Crippen LogP contribution is -2.38. The number of nitrogens with zero attached hydrogens (tertiary/aromatic N) is 1. The Kier molecular flexibility index (Phi) is 10.7. The van der Waals surface area contributed by atoms with Gasteiger partial charge in [0.25, 0.3) is 0 Å². The number of guanidine groups is 1. The average molecular weight is 335 g/mol. The maximum atomic E-state index is 5.89. The lowest BCUT2D eigenvalue weighted by atomic mass is 10.2. The second-order valence-corrected chi connectivity index (χ2v) is 5.98. The summed E-state index contributed by atoms with van der Waals surface area (Å²) < 4.78 is 11.2. The first-order valence-corrected chi connectivity index (χ1v) is 8.98. The van der Waals surface area contributed by atoms with E-state index in [4.69, 9.17) is 9.47 Å². The first-order chi connectivity index (χ1) is 11.7. The van der Waals surface area contributed by atoms with Gasteiger partial charge in [0.15, 0.2) is 5.96 Å². The summed E-state index contributed by atoms with van der Waals surface area (Å²) in [6.45, 7) is 12.9. The summed E-state index contributed by atoms with van der Waals surface area (Å²) >= 11 is 0. The van der Waals surface area contributed by atoms with E-state index in [0.29, 0.717) is 12.5 Å². The minimum Gasteiger partial charge on any atom is -0.493 e. The van der Waals surface area contributed by atoms with Crippen molar-refractivity contribution >= 4 is 5.96 Å². The van der Waals surface area contributed by atoms with E-state index in [1.807, 2.05) is 25.1 Å². The fraction of sp³-hybridized carbons (Fsp3) is 0.632. The molecule has 0 spiro atoms. The zero-order chi connectivity index (χ0) is 17.6. The van der Waals surface area contributed by atoms with Crippen LogP contribution in [0, 0.1) is 5.92 Å². The van der Waals surface area contributed by atoms with E-state index in [2.05, 4.69) is 42.5 Å². The average Bonchev–Trinajstić information content (AvgIpc) is 2.58. The minimum absolute atomic E-state index is 0.505. The number of rotatable bonds is 11. The summed E-state index contributed by atoms with van der Waals surface area (Å²) in [7, 11) is 0. The van der Waals surface area contributed by atoms with Gasteiger partial charge < -0.3 is 20.1 Å². The number of hydrogen-bond acceptors (Lipinski definition) is 3. The van der Waals surface area contributed by atoms with Crippen molar-refractivity contribution < 1.29 is 9.47 Å². The van der Waals surface area contributed by atoms with Crippen LogP contribution in [0.15, 0.2) is 29.3 Å². The van der Waals surface area contributed by atoms with Gasteiger partial charge in [-0.1, -0.05) is 32.0 Å². The Labute approximate surface area is 146 Å². The Bertz CT molecular complexity index is 475. The van der Waals surface area contributed by atoms with E-state index in [1.165, 1.54) is 0 Å². The molecule has 5 heteroatoms. The number of ether oxygens (including phenoxy) is 2. The fourth-order valence-corrected chi connectivity index (χ4v) is 2.06. The normalized spacial score (nSPS) is 11.6. The van der Waals surface area contributed by atoms with Gasteiger partial charge in [-0.15, -0.1) is 0 Å². The van der Waals surface area contributed by atoms with Crippen molar-refractivity contribution in [3.05, 3.63) is 29.8 Å². The van der Waals surface area contributed by atoms with Crippen LogP contribution in [-0.2, 0) is 11.3 Å². The van der Waals surface area contributed by atoms with E-state index in [1.54, 1.807) is 0 Å². The van der Waals surface area contributed by atoms with Crippen LogP contribution in [0.25, 0.3) is 0 Å². The van der Waals surface area contributed by atoms with Crippen molar-refractivity contribution in [3.63, 3.8) is 0 Å². The summed E-state index contributed by atoms with van der Waals surface area (Å²) in [5.41, 5.74) is 1.10. The monoisotopic (exact) mass is 335 g/mol. The molecule has 5 nitrogen and oxygen atoms in total. The first-order valence-electron chi connectivity index (χ1n) is 8.98. The predicted octanol–water partition coefficient (Wildman–Crippen LogP) is 3.20. The van der Waals surface area contributed by atoms with Gasteiger partial charge in [-0.2, -0.15) is 0 Å². The van der Waals surface area contributed by atoms with E-state index in [-0.39, 0.29) is 0 Å². The Balaban J connectivity index is 2.58. The molecule has 1 aromatic carbocycles. The molecule has 0 aliphatic heterocycles. The zero-order valence-corrected chi connectivity index (χ0v) is 15.6. The Morgan fingerprint density at radius 3 is 2.67 bits per heavy atom. The molecule has 0 bridgehead atoms. The minimum atomic E-state index is 0.505. The Morgan fingerprint density at radius 2 is 1.96 bits per heavy atom. The smallest absolute Gasteiger partial charge is 0.191 e. The van der Waals surface area contributed by atoms with Crippen molar-refractivity contribution in [1.82, 2.24) is 10.6 Å². The summed E-state index contributed by atoms with van der Waals surface area (Å²) in [6.07, 6.45) is 0.965. The highest BCUT2D eigenvalue weighted by atomic mass is 16.5. The van der Waals surface area contributed by atoms with Crippen LogP contribution in [0.4, 0.5) is 0 Å². The van der Waals surface area contributed by atoms with Crippen molar-refractivity contribution in [3.8, 4) is 5.75 Å². The van der Waals surface area contributed by atoms with Gasteiger partial charge in [-0.25, -0.2) is 4.99 Å². The van der Waals surface area contributed by atoms with Gasteiger partial charge in [0.05, 0.1) is 13.2 Å². The van der Waals surface area contributed by atoms with Crippen LogP contribution in [0.5, 0.6) is 5.75 Å². The van der Waals surface area contributed by atoms with Crippen molar-refractivity contribution in [2.24, 2.45) is 10.9 Å². The molecule has 0 aliphatic rings. The molecule has 0 saturated carbocycles. The number of para-hydroxylation sites is 1. The molecule has 1 rings (SSSR count). The third-order valence-corrected chi connectivity index (χ3v) is 3.26. The molecule has 24 heavy (non-hydrogen) atoms. The molecule has 0 atom stereocenters. The number of hydrogen-bond donors (Lipinski definition) is 2. The zero-order valence-electron chi connectivity index (χ0n) is 15.6. The molecule has 0 aromatic heterocycles. The standard InChI is InChI=1S/C19H33N3O2/c1-5-20-19(21-12-9-13-23-6-2)22-14-17-10-7-8-11-18(17)24-15-16(3)4/h7-8,10-11,16H,5-6,9,12-15H2,1-4H3,(H2,20,21,22). The third-order valence-electron chi connectivity index (χ3n) is 3.26. The highest BCUT2D eigenvalue weighted by Gasteiger charge is 2.04. The maximum absolute atomic E-state index is 5.89. The number of benzene rings is 1. The molecule has 0 heterocycles. The molecular formula is C19H33N3O2. The molecule has 136 valence electrons. The van der Waals surface area contributed by atoms with Gasteiger partial charge in [0.2, 0.25) is 0 Å². The largest absolute Gasteiger partial charge is 0.493 e. The molecule has 0 aliphatic carbocycles. The molecule has 2 N–H and O–H groups in total. The summed E-state index contributed by atoms with van der Waals surface area (Å²) in [5.74, 6) is 2.25. The maximum Gasteiger partial charge on any atom is 0.191 e. The molecule has 0 amide bonds. The second-order valence-electron chi connectivity index (χ2n) is 5.98. The predicted molar refractivity (Wildman–Crippen MR) is 101 cm³/mol. The van der Waals surface area contributed by atoms with E-state index in [9.17, 15) is 0 Å². The summed E-state index contributed by atoms with van der Waals surface area (Å²) in [5, 5.41) is 6.61. The molecule has 0 fully saturated rings. The third kappa shape index (κ3) is 8.77. The van der Waals surface area contributed by atoms with Gasteiger partial charge >= 0.3 is 0 Å². The molecular weight excluding hydrogens is 302 g/mol. The molecule has 0 saturated heterocycles. The molecule has 0 unspecified atom stereocenters. The topological polar surface area (TPSA) is 54.9 Å². The van der Waals surface area contributed by atoms with Gasteiger partial charge in [0.1, 0.15) is 5.75 Å². The number of aliphatic imine (C=N–C) groups is 1.